The lowest BCUT2D eigenvalue weighted by molar-refractivity contribution is -0.0113. The van der Waals surface area contributed by atoms with Gasteiger partial charge in [-0.2, -0.15) is 0 Å². The molecule has 0 aliphatic heterocycles. The van der Waals surface area contributed by atoms with Gasteiger partial charge in [0.1, 0.15) is 5.67 Å². The lowest BCUT2D eigenvalue weighted by Gasteiger charge is -2.37. The van der Waals surface area contributed by atoms with Crippen LogP contribution in [0, 0.1) is 0 Å². The summed E-state index contributed by atoms with van der Waals surface area (Å²) in [5, 5.41) is 8.33. The van der Waals surface area contributed by atoms with Crippen molar-refractivity contribution in [1.29, 1.82) is 0 Å². The first-order chi connectivity index (χ1) is 3.66. The second-order valence-corrected chi connectivity index (χ2v) is 2.48. The second kappa shape index (κ2) is 2.82. The molecule has 0 aromatic heterocycles. The molecule has 0 heterocycles. The van der Waals surface area contributed by atoms with Gasteiger partial charge in [0.05, 0.1) is 6.61 Å². The van der Waals surface area contributed by atoms with Crippen LogP contribution in [0.3, 0.4) is 0 Å². The summed E-state index contributed by atoms with van der Waals surface area (Å²) in [4.78, 5) is 0. The van der Waals surface area contributed by atoms with Gasteiger partial charge in [-0.05, 0) is 12.8 Å². The van der Waals surface area contributed by atoms with Crippen LogP contribution >= 0.6 is 12.4 Å². The number of rotatable bonds is 1. The second-order valence-electron chi connectivity index (χ2n) is 2.48. The molecule has 4 heteroatoms. The number of aliphatic hydroxyl groups is 1. The molecule has 0 atom stereocenters. The Balaban J connectivity index is 0.000000640. The van der Waals surface area contributed by atoms with Crippen LogP contribution in [-0.2, 0) is 0 Å². The van der Waals surface area contributed by atoms with Crippen LogP contribution in [0.1, 0.15) is 12.8 Å². The van der Waals surface area contributed by atoms with Crippen molar-refractivity contribution < 1.29 is 9.50 Å². The molecule has 0 aromatic rings. The van der Waals surface area contributed by atoms with Gasteiger partial charge in [-0.1, -0.05) is 0 Å². The third-order valence-electron chi connectivity index (χ3n) is 1.54. The molecule has 3 N–H and O–H groups in total. The summed E-state index contributed by atoms with van der Waals surface area (Å²) >= 11 is 0. The number of aliphatic hydroxyl groups excluding tert-OH is 1. The molecule has 9 heavy (non-hydrogen) atoms. The van der Waals surface area contributed by atoms with Crippen molar-refractivity contribution in [2.75, 3.05) is 6.61 Å². The fourth-order valence-corrected chi connectivity index (χ4v) is 1.01. The summed E-state index contributed by atoms with van der Waals surface area (Å²) in [7, 11) is 0. The Labute approximate surface area is 59.6 Å². The van der Waals surface area contributed by atoms with E-state index in [1.165, 1.54) is 0 Å². The summed E-state index contributed by atoms with van der Waals surface area (Å²) < 4.78 is 12.6. The highest BCUT2D eigenvalue weighted by Gasteiger charge is 2.42. The fourth-order valence-electron chi connectivity index (χ4n) is 1.01. The highest BCUT2D eigenvalue weighted by Crippen LogP contribution is 2.33. The molecule has 56 valence electrons. The van der Waals surface area contributed by atoms with Crippen LogP contribution in [0.4, 0.5) is 4.39 Å². The maximum Gasteiger partial charge on any atom is 0.136 e. The van der Waals surface area contributed by atoms with Crippen molar-refractivity contribution in [3.63, 3.8) is 0 Å². The molecule has 0 saturated heterocycles. The van der Waals surface area contributed by atoms with E-state index in [1.807, 2.05) is 0 Å². The lowest BCUT2D eigenvalue weighted by Crippen LogP contribution is -2.50. The predicted molar refractivity (Wildman–Crippen MR) is 35.4 cm³/mol. The monoisotopic (exact) mass is 155 g/mol. The van der Waals surface area contributed by atoms with Gasteiger partial charge >= 0.3 is 0 Å². The van der Waals surface area contributed by atoms with Crippen LogP contribution in [0.5, 0.6) is 0 Å². The average Bonchev–Trinajstić information content (AvgIpc) is 1.63. The maximum absolute atomic E-state index is 12.6. The molecule has 0 spiro atoms. The number of alkyl halides is 1. The standard InChI is InChI=1S/C5H10FNO.ClH/c6-5(3-8)1-4(7)2-5;/h4,8H,1-3,7H2;1H. The van der Waals surface area contributed by atoms with Gasteiger partial charge in [-0.15, -0.1) is 12.4 Å². The minimum absolute atomic E-state index is 0. The average molecular weight is 156 g/mol. The quantitative estimate of drug-likeness (QED) is 0.570. The van der Waals surface area contributed by atoms with Crippen molar-refractivity contribution in [2.24, 2.45) is 5.73 Å². The summed E-state index contributed by atoms with van der Waals surface area (Å²) in [5.41, 5.74) is 3.94. The Hall–Kier alpha value is 0.140. The van der Waals surface area contributed by atoms with Crippen LogP contribution in [0.2, 0.25) is 0 Å². The molecular weight excluding hydrogens is 145 g/mol. The summed E-state index contributed by atoms with van der Waals surface area (Å²) in [6, 6.07) is -0.0212. The van der Waals surface area contributed by atoms with Gasteiger partial charge in [0.25, 0.3) is 0 Å². The molecule has 1 aliphatic carbocycles. The molecule has 0 unspecified atom stereocenters. The van der Waals surface area contributed by atoms with Crippen molar-refractivity contribution in [3.8, 4) is 0 Å². The Morgan fingerprint density at radius 1 is 1.67 bits per heavy atom. The molecule has 1 fully saturated rings. The Morgan fingerprint density at radius 2 is 2.11 bits per heavy atom. The van der Waals surface area contributed by atoms with Gasteiger partial charge in [0.2, 0.25) is 0 Å². The Kier molecular flexibility index (Phi) is 2.86. The van der Waals surface area contributed by atoms with Gasteiger partial charge in [-0.3, -0.25) is 0 Å². The zero-order valence-electron chi connectivity index (χ0n) is 5.01. The topological polar surface area (TPSA) is 46.2 Å². The number of hydrogen-bond donors (Lipinski definition) is 2. The van der Waals surface area contributed by atoms with Crippen molar-refractivity contribution in [1.82, 2.24) is 0 Å². The molecule has 1 saturated carbocycles. The Bertz CT molecular complexity index is 95.0. The van der Waals surface area contributed by atoms with E-state index in [4.69, 9.17) is 10.8 Å². The summed E-state index contributed by atoms with van der Waals surface area (Å²) in [6.07, 6.45) is 0.646. The first kappa shape index (κ1) is 9.14. The first-order valence-electron chi connectivity index (χ1n) is 2.72. The SMILES string of the molecule is Cl.NC1CC(F)(CO)C1. The van der Waals surface area contributed by atoms with Crippen molar-refractivity contribution in [2.45, 2.75) is 24.6 Å². The van der Waals surface area contributed by atoms with Crippen LogP contribution < -0.4 is 5.73 Å². The number of halogens is 2. The Morgan fingerprint density at radius 3 is 2.22 bits per heavy atom. The maximum atomic E-state index is 12.6. The van der Waals surface area contributed by atoms with Crippen molar-refractivity contribution in [3.05, 3.63) is 0 Å². The molecule has 0 radical (unpaired) electrons. The van der Waals surface area contributed by atoms with E-state index in [1.54, 1.807) is 0 Å². The van der Waals surface area contributed by atoms with Gasteiger partial charge < -0.3 is 10.8 Å². The van der Waals surface area contributed by atoms with E-state index in [0.717, 1.165) is 0 Å². The smallest absolute Gasteiger partial charge is 0.136 e. The molecule has 0 bridgehead atoms. The molecule has 0 aromatic carbocycles. The minimum Gasteiger partial charge on any atom is -0.393 e. The van der Waals surface area contributed by atoms with Crippen LogP contribution in [-0.4, -0.2) is 23.4 Å². The minimum atomic E-state index is -1.33. The number of nitrogens with two attached hydrogens (primary N) is 1. The predicted octanol–water partition coefficient (Wildman–Crippen LogP) is 0.230. The largest absolute Gasteiger partial charge is 0.393 e. The highest BCUT2D eigenvalue weighted by molar-refractivity contribution is 5.85. The van der Waals surface area contributed by atoms with E-state index in [2.05, 4.69) is 0 Å². The molecule has 1 aliphatic rings. The third-order valence-corrected chi connectivity index (χ3v) is 1.54. The van der Waals surface area contributed by atoms with Gasteiger partial charge in [0.15, 0.2) is 0 Å². The molecule has 0 amide bonds. The van der Waals surface area contributed by atoms with Crippen LogP contribution in [0.25, 0.3) is 0 Å². The molecule has 2 nitrogen and oxygen atoms in total. The van der Waals surface area contributed by atoms with E-state index < -0.39 is 5.67 Å². The fraction of sp³-hybridized carbons (Fsp3) is 1.00. The van der Waals surface area contributed by atoms with E-state index in [0.29, 0.717) is 12.8 Å². The summed E-state index contributed by atoms with van der Waals surface area (Å²) in [5.74, 6) is 0. The van der Waals surface area contributed by atoms with E-state index >= 15 is 0 Å². The van der Waals surface area contributed by atoms with Gasteiger partial charge in [-0.25, -0.2) is 4.39 Å². The molecular formula is C5H11ClFNO. The normalized spacial score (nSPS) is 41.0. The van der Waals surface area contributed by atoms with Crippen LogP contribution in [0.15, 0.2) is 0 Å². The summed E-state index contributed by atoms with van der Waals surface area (Å²) in [6.45, 7) is -0.374. The van der Waals surface area contributed by atoms with E-state index in [-0.39, 0.29) is 25.1 Å². The highest BCUT2D eigenvalue weighted by atomic mass is 35.5. The third kappa shape index (κ3) is 1.78. The van der Waals surface area contributed by atoms with E-state index in [9.17, 15) is 4.39 Å². The first-order valence-corrected chi connectivity index (χ1v) is 2.72. The van der Waals surface area contributed by atoms with Crippen molar-refractivity contribution >= 4 is 12.4 Å². The zero-order valence-corrected chi connectivity index (χ0v) is 5.83. The number of hydrogen-bond acceptors (Lipinski definition) is 2. The lowest BCUT2D eigenvalue weighted by atomic mass is 9.78. The van der Waals surface area contributed by atoms with Gasteiger partial charge in [0, 0.05) is 6.04 Å². The zero-order chi connectivity index (χ0) is 6.20. The molecule has 1 rings (SSSR count).